The monoisotopic (exact) mass is 431 g/mol. The summed E-state index contributed by atoms with van der Waals surface area (Å²) in [6.45, 7) is 5.21. The fourth-order valence-corrected chi connectivity index (χ4v) is 4.87. The third-order valence-corrected chi connectivity index (χ3v) is 7.06. The highest BCUT2D eigenvalue weighted by atomic mass is 32.2. The first-order valence-corrected chi connectivity index (χ1v) is 12.0. The molecule has 0 aromatic carbocycles. The van der Waals surface area contributed by atoms with Crippen LogP contribution in [-0.4, -0.2) is 51.7 Å². The first-order valence-electron chi connectivity index (χ1n) is 10.2. The van der Waals surface area contributed by atoms with Crippen LogP contribution in [0.25, 0.3) is 16.8 Å². The first-order chi connectivity index (χ1) is 14.2. The van der Waals surface area contributed by atoms with Crippen molar-refractivity contribution in [2.24, 2.45) is 5.92 Å². The maximum Gasteiger partial charge on any atom is 0.211 e. The molecule has 0 radical (unpaired) electrons. The fourth-order valence-electron chi connectivity index (χ4n) is 4.00. The van der Waals surface area contributed by atoms with Gasteiger partial charge in [0.15, 0.2) is 5.82 Å². The number of hydrogen-bond acceptors (Lipinski definition) is 5. The van der Waals surface area contributed by atoms with Gasteiger partial charge in [-0.2, -0.15) is 5.10 Å². The minimum Gasteiger partial charge on any atom is -0.241 e. The van der Waals surface area contributed by atoms with Gasteiger partial charge in [-0.25, -0.2) is 31.6 Å². The van der Waals surface area contributed by atoms with E-state index < -0.39 is 15.8 Å². The van der Waals surface area contributed by atoms with E-state index in [0.717, 1.165) is 23.9 Å². The van der Waals surface area contributed by atoms with Gasteiger partial charge in [-0.3, -0.25) is 0 Å². The molecule has 160 valence electrons. The van der Waals surface area contributed by atoms with Gasteiger partial charge in [0.2, 0.25) is 10.0 Å². The lowest BCUT2D eigenvalue weighted by atomic mass is 9.94. The summed E-state index contributed by atoms with van der Waals surface area (Å²) in [5.41, 5.74) is 3.02. The molecule has 3 aromatic rings. The van der Waals surface area contributed by atoms with Crippen LogP contribution in [0.2, 0.25) is 0 Å². The van der Waals surface area contributed by atoms with E-state index in [1.165, 1.54) is 16.8 Å². The van der Waals surface area contributed by atoms with Gasteiger partial charge >= 0.3 is 0 Å². The predicted molar refractivity (Wildman–Crippen MR) is 113 cm³/mol. The Bertz CT molecular complexity index is 1170. The standard InChI is InChI=1S/C21H26FN5O2S/c1-14(2)17-12-24-27-9-6-16(11-19(17)27)21-18(22)13-23-20(25-21)10-15-4-7-26(8-5-15)30(3,28)29/h6,9,11-15H,4-5,7-8,10H2,1-3H3. The highest BCUT2D eigenvalue weighted by Gasteiger charge is 2.26. The second-order valence-electron chi connectivity index (χ2n) is 8.29. The number of nitrogens with zero attached hydrogens (tertiary/aromatic N) is 5. The SMILES string of the molecule is CC(C)c1cnn2ccc(-c3nc(CC4CCN(S(C)(=O)=O)CC4)ncc3F)cc12. The van der Waals surface area contributed by atoms with Gasteiger partial charge in [0.05, 0.1) is 24.2 Å². The predicted octanol–water partition coefficient (Wildman–Crippen LogP) is 3.27. The number of pyridine rings is 1. The van der Waals surface area contributed by atoms with Crippen LogP contribution in [0.3, 0.4) is 0 Å². The van der Waals surface area contributed by atoms with Crippen LogP contribution in [0.1, 0.15) is 44.0 Å². The topological polar surface area (TPSA) is 80.5 Å². The van der Waals surface area contributed by atoms with E-state index in [1.54, 1.807) is 4.52 Å². The molecule has 1 fully saturated rings. The van der Waals surface area contributed by atoms with Gasteiger partial charge in [-0.1, -0.05) is 13.8 Å². The molecule has 0 aliphatic carbocycles. The molecule has 0 unspecified atom stereocenters. The molecular weight excluding hydrogens is 405 g/mol. The van der Waals surface area contributed by atoms with Gasteiger partial charge in [-0.15, -0.1) is 0 Å². The van der Waals surface area contributed by atoms with Crippen molar-refractivity contribution in [2.45, 2.75) is 39.0 Å². The quantitative estimate of drug-likeness (QED) is 0.619. The van der Waals surface area contributed by atoms with Crippen molar-refractivity contribution in [3.63, 3.8) is 0 Å². The summed E-state index contributed by atoms with van der Waals surface area (Å²) in [5.74, 6) is 0.717. The fraction of sp³-hybridized carbons (Fsp3) is 0.476. The lowest BCUT2D eigenvalue weighted by Crippen LogP contribution is -2.38. The average molecular weight is 432 g/mol. The zero-order valence-electron chi connectivity index (χ0n) is 17.4. The number of sulfonamides is 1. The van der Waals surface area contributed by atoms with Gasteiger partial charge < -0.3 is 0 Å². The Morgan fingerprint density at radius 1 is 1.23 bits per heavy atom. The van der Waals surface area contributed by atoms with Crippen LogP contribution in [0.5, 0.6) is 0 Å². The van der Waals surface area contributed by atoms with E-state index in [4.69, 9.17) is 0 Å². The van der Waals surface area contributed by atoms with E-state index >= 15 is 0 Å². The van der Waals surface area contributed by atoms with Crippen molar-refractivity contribution in [2.75, 3.05) is 19.3 Å². The molecule has 1 saturated heterocycles. The number of halogens is 1. The Hall–Kier alpha value is -2.39. The molecule has 30 heavy (non-hydrogen) atoms. The van der Waals surface area contributed by atoms with Crippen LogP contribution in [-0.2, 0) is 16.4 Å². The molecule has 0 N–H and O–H groups in total. The molecule has 1 aliphatic rings. The van der Waals surface area contributed by atoms with Crippen molar-refractivity contribution in [3.8, 4) is 11.3 Å². The number of aromatic nitrogens is 4. The molecule has 4 rings (SSSR count). The largest absolute Gasteiger partial charge is 0.241 e. The van der Waals surface area contributed by atoms with Crippen LogP contribution in [0.15, 0.2) is 30.7 Å². The number of hydrogen-bond donors (Lipinski definition) is 0. The molecule has 9 heteroatoms. The Labute approximate surface area is 176 Å². The first kappa shape index (κ1) is 20.9. The normalized spacial score (nSPS) is 16.6. The Morgan fingerprint density at radius 3 is 2.63 bits per heavy atom. The molecule has 1 aliphatic heterocycles. The summed E-state index contributed by atoms with van der Waals surface area (Å²) < 4.78 is 41.2. The molecule has 3 aromatic heterocycles. The minimum absolute atomic E-state index is 0.283. The van der Waals surface area contributed by atoms with Crippen LogP contribution in [0.4, 0.5) is 4.39 Å². The zero-order valence-corrected chi connectivity index (χ0v) is 18.2. The highest BCUT2D eigenvalue weighted by Crippen LogP contribution is 2.27. The van der Waals surface area contributed by atoms with Gasteiger partial charge in [0.1, 0.15) is 11.5 Å². The third kappa shape index (κ3) is 4.22. The summed E-state index contributed by atoms with van der Waals surface area (Å²) in [4.78, 5) is 8.71. The lowest BCUT2D eigenvalue weighted by molar-refractivity contribution is 0.271. The van der Waals surface area contributed by atoms with E-state index in [1.807, 2.05) is 24.5 Å². The maximum absolute atomic E-state index is 14.6. The smallest absolute Gasteiger partial charge is 0.211 e. The van der Waals surface area contributed by atoms with Crippen LogP contribution in [0, 0.1) is 11.7 Å². The van der Waals surface area contributed by atoms with E-state index in [0.29, 0.717) is 36.8 Å². The summed E-state index contributed by atoms with van der Waals surface area (Å²) in [5, 5.41) is 4.36. The highest BCUT2D eigenvalue weighted by molar-refractivity contribution is 7.88. The molecule has 0 amide bonds. The molecule has 7 nitrogen and oxygen atoms in total. The molecule has 4 heterocycles. The van der Waals surface area contributed by atoms with Crippen molar-refractivity contribution in [1.29, 1.82) is 0 Å². The van der Waals surface area contributed by atoms with Crippen molar-refractivity contribution >= 4 is 15.5 Å². The van der Waals surface area contributed by atoms with E-state index in [-0.39, 0.29) is 11.6 Å². The number of fused-ring (bicyclic) bond motifs is 1. The summed E-state index contributed by atoms with van der Waals surface area (Å²) in [7, 11) is -3.15. The number of rotatable bonds is 5. The van der Waals surface area contributed by atoms with Gasteiger partial charge in [-0.05, 0) is 36.8 Å². The molecule has 0 atom stereocenters. The Balaban J connectivity index is 1.57. The second kappa shape index (κ2) is 8.03. The van der Waals surface area contributed by atoms with Gasteiger partial charge in [0.25, 0.3) is 0 Å². The molecule has 0 spiro atoms. The summed E-state index contributed by atoms with van der Waals surface area (Å²) in [6.07, 6.45) is 8.24. The van der Waals surface area contributed by atoms with Crippen molar-refractivity contribution in [1.82, 2.24) is 23.9 Å². The van der Waals surface area contributed by atoms with Crippen molar-refractivity contribution in [3.05, 3.63) is 47.9 Å². The molecular formula is C21H26FN5O2S. The molecule has 0 bridgehead atoms. The third-order valence-electron chi connectivity index (χ3n) is 5.75. The summed E-state index contributed by atoms with van der Waals surface area (Å²) in [6, 6.07) is 3.73. The maximum atomic E-state index is 14.6. The van der Waals surface area contributed by atoms with Crippen LogP contribution < -0.4 is 0 Å². The molecule has 0 saturated carbocycles. The van der Waals surface area contributed by atoms with Gasteiger partial charge in [0, 0.05) is 36.8 Å². The Morgan fingerprint density at radius 2 is 1.97 bits per heavy atom. The second-order valence-corrected chi connectivity index (χ2v) is 10.3. The van der Waals surface area contributed by atoms with E-state index in [9.17, 15) is 12.8 Å². The Kier molecular flexibility index (Phi) is 5.59. The van der Waals surface area contributed by atoms with E-state index in [2.05, 4.69) is 28.9 Å². The lowest BCUT2D eigenvalue weighted by Gasteiger charge is -2.29. The van der Waals surface area contributed by atoms with Crippen molar-refractivity contribution < 1.29 is 12.8 Å². The van der Waals surface area contributed by atoms with Crippen LogP contribution >= 0.6 is 0 Å². The minimum atomic E-state index is -3.15. The summed E-state index contributed by atoms with van der Waals surface area (Å²) >= 11 is 0. The number of piperidine rings is 1. The zero-order chi connectivity index (χ0) is 21.5. The average Bonchev–Trinajstić information content (AvgIpc) is 3.12.